The molecule has 2 unspecified atom stereocenters. The maximum Gasteiger partial charge on any atom is 0.252 e. The second kappa shape index (κ2) is 7.24. The van der Waals surface area contributed by atoms with Crippen LogP contribution in [0.3, 0.4) is 0 Å². The minimum atomic E-state index is -0.437. The SMILES string of the molecule is CC1CCCC1CNC(=O)c1cc(F)ccc1C#CCN. The molecule has 0 bridgehead atoms. The van der Waals surface area contributed by atoms with Crippen molar-refractivity contribution in [2.75, 3.05) is 13.1 Å². The topological polar surface area (TPSA) is 55.1 Å². The first kappa shape index (κ1) is 15.5. The fraction of sp³-hybridized carbons (Fsp3) is 0.471. The largest absolute Gasteiger partial charge is 0.352 e. The van der Waals surface area contributed by atoms with E-state index in [4.69, 9.17) is 5.73 Å². The fourth-order valence-electron chi connectivity index (χ4n) is 2.80. The number of hydrogen-bond donors (Lipinski definition) is 2. The molecule has 1 aromatic carbocycles. The van der Waals surface area contributed by atoms with E-state index in [1.165, 1.54) is 31.0 Å². The van der Waals surface area contributed by atoms with Crippen LogP contribution >= 0.6 is 0 Å². The van der Waals surface area contributed by atoms with Gasteiger partial charge < -0.3 is 11.1 Å². The molecule has 21 heavy (non-hydrogen) atoms. The van der Waals surface area contributed by atoms with Gasteiger partial charge in [0.25, 0.3) is 5.91 Å². The van der Waals surface area contributed by atoms with Crippen molar-refractivity contribution in [1.82, 2.24) is 5.32 Å². The lowest BCUT2D eigenvalue weighted by Crippen LogP contribution is -2.30. The molecule has 2 atom stereocenters. The highest BCUT2D eigenvalue weighted by Gasteiger charge is 2.24. The Morgan fingerprint density at radius 1 is 1.48 bits per heavy atom. The number of amides is 1. The number of halogens is 1. The van der Waals surface area contributed by atoms with Crippen LogP contribution in [-0.2, 0) is 0 Å². The van der Waals surface area contributed by atoms with Crippen molar-refractivity contribution in [2.24, 2.45) is 17.6 Å². The second-order valence-electron chi connectivity index (χ2n) is 5.57. The number of nitrogens with two attached hydrogens (primary N) is 1. The Kier molecular flexibility index (Phi) is 5.35. The van der Waals surface area contributed by atoms with Crippen LogP contribution in [0.5, 0.6) is 0 Å². The third-order valence-corrected chi connectivity index (χ3v) is 4.12. The van der Waals surface area contributed by atoms with Gasteiger partial charge in [-0.15, -0.1) is 0 Å². The van der Waals surface area contributed by atoms with E-state index in [9.17, 15) is 9.18 Å². The average molecular weight is 288 g/mol. The second-order valence-corrected chi connectivity index (χ2v) is 5.57. The van der Waals surface area contributed by atoms with Crippen LogP contribution in [0.1, 0.15) is 42.1 Å². The van der Waals surface area contributed by atoms with Gasteiger partial charge in [-0.3, -0.25) is 4.79 Å². The number of hydrogen-bond acceptors (Lipinski definition) is 2. The molecule has 3 N–H and O–H groups in total. The zero-order valence-corrected chi connectivity index (χ0v) is 12.3. The van der Waals surface area contributed by atoms with E-state index in [-0.39, 0.29) is 18.0 Å². The van der Waals surface area contributed by atoms with Gasteiger partial charge in [0.15, 0.2) is 0 Å². The first-order valence-electron chi connectivity index (χ1n) is 7.38. The predicted octanol–water partition coefficient (Wildman–Crippen LogP) is 2.30. The standard InChI is InChI=1S/C17H21FN2O/c1-12-4-2-5-14(12)11-20-17(21)16-10-15(18)8-7-13(16)6-3-9-19/h7-8,10,12,14H,2,4-5,9,11,19H2,1H3,(H,20,21). The molecule has 0 aliphatic heterocycles. The summed E-state index contributed by atoms with van der Waals surface area (Å²) in [6.07, 6.45) is 3.58. The summed E-state index contributed by atoms with van der Waals surface area (Å²) in [5.74, 6) is 5.96. The Hall–Kier alpha value is -1.86. The van der Waals surface area contributed by atoms with Crippen LogP contribution in [0.2, 0.25) is 0 Å². The van der Waals surface area contributed by atoms with E-state index in [1.807, 2.05) is 0 Å². The summed E-state index contributed by atoms with van der Waals surface area (Å²) in [5.41, 5.74) is 6.13. The van der Waals surface area contributed by atoms with Gasteiger partial charge in [0, 0.05) is 12.1 Å². The minimum Gasteiger partial charge on any atom is -0.352 e. The summed E-state index contributed by atoms with van der Waals surface area (Å²) < 4.78 is 13.4. The van der Waals surface area contributed by atoms with Crippen LogP contribution in [-0.4, -0.2) is 19.0 Å². The summed E-state index contributed by atoms with van der Waals surface area (Å²) in [7, 11) is 0. The van der Waals surface area contributed by atoms with Gasteiger partial charge in [-0.2, -0.15) is 0 Å². The van der Waals surface area contributed by atoms with Crippen LogP contribution in [0.4, 0.5) is 4.39 Å². The van der Waals surface area contributed by atoms with Gasteiger partial charge in [0.2, 0.25) is 0 Å². The van der Waals surface area contributed by atoms with Crippen molar-refractivity contribution >= 4 is 5.91 Å². The van der Waals surface area contributed by atoms with Gasteiger partial charge in [-0.05, 0) is 36.5 Å². The smallest absolute Gasteiger partial charge is 0.252 e. The Labute approximate surface area is 125 Å². The Bertz CT molecular complexity index is 574. The molecule has 1 aliphatic carbocycles. The average Bonchev–Trinajstić information content (AvgIpc) is 2.88. The normalized spacial score (nSPS) is 20.7. The van der Waals surface area contributed by atoms with Crippen LogP contribution < -0.4 is 11.1 Å². The number of carbonyl (C=O) groups is 1. The highest BCUT2D eigenvalue weighted by atomic mass is 19.1. The van der Waals surface area contributed by atoms with Crippen LogP contribution in [0, 0.1) is 29.5 Å². The van der Waals surface area contributed by atoms with Crippen molar-refractivity contribution in [3.63, 3.8) is 0 Å². The molecule has 1 fully saturated rings. The molecular formula is C17H21FN2O. The number of carbonyl (C=O) groups excluding carboxylic acids is 1. The number of benzene rings is 1. The number of nitrogens with one attached hydrogen (secondary N) is 1. The summed E-state index contributed by atoms with van der Waals surface area (Å²) in [4.78, 5) is 12.3. The molecule has 0 heterocycles. The van der Waals surface area contributed by atoms with Gasteiger partial charge in [-0.1, -0.05) is 31.6 Å². The van der Waals surface area contributed by atoms with Crippen molar-refractivity contribution < 1.29 is 9.18 Å². The van der Waals surface area contributed by atoms with Crippen molar-refractivity contribution in [2.45, 2.75) is 26.2 Å². The Morgan fingerprint density at radius 3 is 2.95 bits per heavy atom. The molecule has 2 rings (SSSR count). The van der Waals surface area contributed by atoms with E-state index in [2.05, 4.69) is 24.1 Å². The molecule has 0 saturated heterocycles. The summed E-state index contributed by atoms with van der Waals surface area (Å²) in [6, 6.07) is 4.05. The maximum atomic E-state index is 13.4. The van der Waals surface area contributed by atoms with Gasteiger partial charge >= 0.3 is 0 Å². The zero-order valence-electron chi connectivity index (χ0n) is 12.3. The predicted molar refractivity (Wildman–Crippen MR) is 81.2 cm³/mol. The van der Waals surface area contributed by atoms with Gasteiger partial charge in [0.1, 0.15) is 5.82 Å². The molecule has 1 aliphatic rings. The summed E-state index contributed by atoms with van der Waals surface area (Å²) in [6.45, 7) is 3.06. The summed E-state index contributed by atoms with van der Waals surface area (Å²) in [5, 5.41) is 2.91. The minimum absolute atomic E-state index is 0.206. The van der Waals surface area contributed by atoms with Crippen LogP contribution in [0.15, 0.2) is 18.2 Å². The lowest BCUT2D eigenvalue weighted by Gasteiger charge is -2.16. The van der Waals surface area contributed by atoms with E-state index in [1.54, 1.807) is 0 Å². The molecule has 112 valence electrons. The fourth-order valence-corrected chi connectivity index (χ4v) is 2.80. The van der Waals surface area contributed by atoms with Crippen LogP contribution in [0.25, 0.3) is 0 Å². The highest BCUT2D eigenvalue weighted by Crippen LogP contribution is 2.30. The monoisotopic (exact) mass is 288 g/mol. The van der Waals surface area contributed by atoms with E-state index in [0.717, 1.165) is 6.42 Å². The first-order valence-corrected chi connectivity index (χ1v) is 7.38. The quantitative estimate of drug-likeness (QED) is 0.839. The molecule has 1 saturated carbocycles. The molecule has 0 spiro atoms. The first-order chi connectivity index (χ1) is 10.1. The van der Waals surface area contributed by atoms with Crippen molar-refractivity contribution in [3.05, 3.63) is 35.1 Å². The van der Waals surface area contributed by atoms with E-state index < -0.39 is 5.82 Å². The van der Waals surface area contributed by atoms with Crippen molar-refractivity contribution in [1.29, 1.82) is 0 Å². The molecule has 3 nitrogen and oxygen atoms in total. The Balaban J connectivity index is 2.08. The molecule has 4 heteroatoms. The molecular weight excluding hydrogens is 267 g/mol. The summed E-state index contributed by atoms with van der Waals surface area (Å²) >= 11 is 0. The third-order valence-electron chi connectivity index (χ3n) is 4.12. The van der Waals surface area contributed by atoms with E-state index >= 15 is 0 Å². The van der Waals surface area contributed by atoms with Gasteiger partial charge in [0.05, 0.1) is 12.1 Å². The zero-order chi connectivity index (χ0) is 15.2. The Morgan fingerprint density at radius 2 is 2.29 bits per heavy atom. The molecule has 0 aromatic heterocycles. The highest BCUT2D eigenvalue weighted by molar-refractivity contribution is 5.96. The molecule has 1 amide bonds. The number of rotatable bonds is 3. The molecule has 0 radical (unpaired) electrons. The molecule has 1 aromatic rings. The van der Waals surface area contributed by atoms with E-state index in [0.29, 0.717) is 23.9 Å². The third kappa shape index (κ3) is 4.05. The van der Waals surface area contributed by atoms with Crippen molar-refractivity contribution in [3.8, 4) is 11.8 Å². The van der Waals surface area contributed by atoms with Gasteiger partial charge in [-0.25, -0.2) is 4.39 Å². The lowest BCUT2D eigenvalue weighted by molar-refractivity contribution is 0.0944. The maximum absolute atomic E-state index is 13.4. The lowest BCUT2D eigenvalue weighted by atomic mass is 9.98.